The standard InChI is InChI=1S/C20H18Cl2N4O2/c1-10-5-13(25-28-10)8-26-9-17-19(20(26)27)18(15(7-23)11(2)24-17)14-4-3-12(21)6-16(14)22/h3-6H,7-9,23H2,1-2H3. The zero-order chi connectivity index (χ0) is 20.0. The Kier molecular flexibility index (Phi) is 4.87. The largest absolute Gasteiger partial charge is 0.361 e. The van der Waals surface area contributed by atoms with E-state index >= 15 is 0 Å². The fraction of sp³-hybridized carbons (Fsp3) is 0.250. The van der Waals surface area contributed by atoms with Crippen molar-refractivity contribution in [2.45, 2.75) is 33.5 Å². The van der Waals surface area contributed by atoms with Gasteiger partial charge in [-0.3, -0.25) is 9.78 Å². The highest BCUT2D eigenvalue weighted by atomic mass is 35.5. The smallest absolute Gasteiger partial charge is 0.257 e. The van der Waals surface area contributed by atoms with Gasteiger partial charge in [0.05, 0.1) is 24.3 Å². The SMILES string of the molecule is Cc1cc(CN2Cc3nc(C)c(CN)c(-c4ccc(Cl)cc4Cl)c3C2=O)no1. The third kappa shape index (κ3) is 3.17. The molecule has 28 heavy (non-hydrogen) atoms. The molecule has 0 spiro atoms. The van der Waals surface area contributed by atoms with Crippen LogP contribution in [0, 0.1) is 13.8 Å². The van der Waals surface area contributed by atoms with Crippen LogP contribution < -0.4 is 5.73 Å². The molecule has 144 valence electrons. The predicted octanol–water partition coefficient (Wildman–Crippen LogP) is 4.27. The number of carbonyl (C=O) groups excluding carboxylic acids is 1. The van der Waals surface area contributed by atoms with E-state index in [0.29, 0.717) is 45.8 Å². The number of carbonyl (C=O) groups is 1. The fourth-order valence-corrected chi connectivity index (χ4v) is 4.12. The number of halogens is 2. The molecule has 1 aliphatic heterocycles. The first kappa shape index (κ1) is 18.9. The molecule has 0 aliphatic carbocycles. The van der Waals surface area contributed by atoms with Gasteiger partial charge in [0.2, 0.25) is 0 Å². The van der Waals surface area contributed by atoms with Crippen LogP contribution in [0.3, 0.4) is 0 Å². The van der Waals surface area contributed by atoms with E-state index in [-0.39, 0.29) is 12.5 Å². The van der Waals surface area contributed by atoms with Crippen molar-refractivity contribution < 1.29 is 9.32 Å². The van der Waals surface area contributed by atoms with Crippen molar-refractivity contribution in [2.75, 3.05) is 0 Å². The van der Waals surface area contributed by atoms with Crippen molar-refractivity contribution in [1.82, 2.24) is 15.0 Å². The highest BCUT2D eigenvalue weighted by Crippen LogP contribution is 2.40. The zero-order valence-electron chi connectivity index (χ0n) is 15.4. The minimum Gasteiger partial charge on any atom is -0.361 e. The van der Waals surface area contributed by atoms with Gasteiger partial charge in [0.15, 0.2) is 0 Å². The van der Waals surface area contributed by atoms with E-state index in [1.807, 2.05) is 26.0 Å². The monoisotopic (exact) mass is 416 g/mol. The van der Waals surface area contributed by atoms with E-state index in [4.69, 9.17) is 33.5 Å². The van der Waals surface area contributed by atoms with Gasteiger partial charge in [-0.2, -0.15) is 0 Å². The summed E-state index contributed by atoms with van der Waals surface area (Å²) in [5.41, 5.74) is 11.0. The molecule has 2 aromatic heterocycles. The predicted molar refractivity (Wildman–Crippen MR) is 107 cm³/mol. The Morgan fingerprint density at radius 2 is 2.00 bits per heavy atom. The van der Waals surface area contributed by atoms with Crippen molar-refractivity contribution in [3.8, 4) is 11.1 Å². The fourth-order valence-electron chi connectivity index (χ4n) is 3.61. The molecule has 0 atom stereocenters. The van der Waals surface area contributed by atoms with E-state index < -0.39 is 0 Å². The first-order chi connectivity index (χ1) is 13.4. The van der Waals surface area contributed by atoms with E-state index in [0.717, 1.165) is 22.4 Å². The van der Waals surface area contributed by atoms with Crippen molar-refractivity contribution in [2.24, 2.45) is 5.73 Å². The lowest BCUT2D eigenvalue weighted by Gasteiger charge is -2.16. The Labute approximate surface area is 172 Å². The van der Waals surface area contributed by atoms with Crippen LogP contribution in [0.25, 0.3) is 11.1 Å². The number of fused-ring (bicyclic) bond motifs is 1. The van der Waals surface area contributed by atoms with Crippen molar-refractivity contribution in [1.29, 1.82) is 0 Å². The molecule has 0 saturated carbocycles. The van der Waals surface area contributed by atoms with Crippen LogP contribution in [0.15, 0.2) is 28.8 Å². The summed E-state index contributed by atoms with van der Waals surface area (Å²) in [5.74, 6) is 0.575. The number of aromatic nitrogens is 2. The molecule has 0 saturated heterocycles. The van der Waals surface area contributed by atoms with Gasteiger partial charge in [-0.05, 0) is 31.5 Å². The maximum absolute atomic E-state index is 13.3. The maximum Gasteiger partial charge on any atom is 0.257 e. The van der Waals surface area contributed by atoms with Gasteiger partial charge in [-0.15, -0.1) is 0 Å². The van der Waals surface area contributed by atoms with Gasteiger partial charge < -0.3 is 15.2 Å². The second-order valence-corrected chi connectivity index (χ2v) is 7.63. The number of benzene rings is 1. The molecule has 0 bridgehead atoms. The molecule has 3 heterocycles. The number of amides is 1. The normalized spacial score (nSPS) is 13.3. The van der Waals surface area contributed by atoms with Crippen LogP contribution in [0.1, 0.15) is 38.8 Å². The van der Waals surface area contributed by atoms with Crippen LogP contribution in [0.4, 0.5) is 0 Å². The summed E-state index contributed by atoms with van der Waals surface area (Å²) in [4.78, 5) is 19.6. The van der Waals surface area contributed by atoms with Crippen molar-refractivity contribution in [3.63, 3.8) is 0 Å². The summed E-state index contributed by atoms with van der Waals surface area (Å²) in [6, 6.07) is 7.05. The first-order valence-corrected chi connectivity index (χ1v) is 9.54. The minimum atomic E-state index is -0.126. The second kappa shape index (κ2) is 7.20. The number of aryl methyl sites for hydroxylation is 2. The summed E-state index contributed by atoms with van der Waals surface area (Å²) >= 11 is 12.5. The van der Waals surface area contributed by atoms with Gasteiger partial charge in [0.25, 0.3) is 5.91 Å². The summed E-state index contributed by atoms with van der Waals surface area (Å²) in [7, 11) is 0. The van der Waals surface area contributed by atoms with Gasteiger partial charge in [-0.25, -0.2) is 0 Å². The van der Waals surface area contributed by atoms with Crippen LogP contribution in [-0.4, -0.2) is 20.9 Å². The number of nitrogens with zero attached hydrogens (tertiary/aromatic N) is 3. The Balaban J connectivity index is 1.84. The van der Waals surface area contributed by atoms with Crippen LogP contribution >= 0.6 is 23.2 Å². The quantitative estimate of drug-likeness (QED) is 0.685. The van der Waals surface area contributed by atoms with Crippen molar-refractivity contribution in [3.05, 3.63) is 68.3 Å². The third-order valence-electron chi connectivity index (χ3n) is 4.86. The lowest BCUT2D eigenvalue weighted by molar-refractivity contribution is 0.0763. The number of hydrogen-bond donors (Lipinski definition) is 1. The minimum absolute atomic E-state index is 0.126. The van der Waals surface area contributed by atoms with Crippen molar-refractivity contribution >= 4 is 29.1 Å². The van der Waals surface area contributed by atoms with Crippen LogP contribution in [-0.2, 0) is 19.6 Å². The van der Waals surface area contributed by atoms with E-state index in [2.05, 4.69) is 10.1 Å². The highest BCUT2D eigenvalue weighted by Gasteiger charge is 2.34. The second-order valence-electron chi connectivity index (χ2n) is 6.79. The summed E-state index contributed by atoms with van der Waals surface area (Å²) in [6.07, 6.45) is 0. The lowest BCUT2D eigenvalue weighted by atomic mass is 9.93. The number of hydrogen-bond acceptors (Lipinski definition) is 5. The Hall–Kier alpha value is -2.41. The zero-order valence-corrected chi connectivity index (χ0v) is 16.9. The average molecular weight is 417 g/mol. The molecule has 0 unspecified atom stereocenters. The Morgan fingerprint density at radius 3 is 2.64 bits per heavy atom. The molecule has 0 fully saturated rings. The number of rotatable bonds is 4. The molecule has 1 amide bonds. The van der Waals surface area contributed by atoms with Crippen LogP contribution in [0.2, 0.25) is 10.0 Å². The number of pyridine rings is 1. The first-order valence-electron chi connectivity index (χ1n) is 8.78. The molecular formula is C20H18Cl2N4O2. The van der Waals surface area contributed by atoms with E-state index in [1.54, 1.807) is 17.0 Å². The molecule has 8 heteroatoms. The highest BCUT2D eigenvalue weighted by molar-refractivity contribution is 6.36. The summed E-state index contributed by atoms with van der Waals surface area (Å²) < 4.78 is 5.11. The molecule has 1 aliphatic rings. The van der Waals surface area contributed by atoms with E-state index in [9.17, 15) is 4.79 Å². The van der Waals surface area contributed by atoms with Gasteiger partial charge in [0, 0.05) is 39.5 Å². The van der Waals surface area contributed by atoms with Crippen LogP contribution in [0.5, 0.6) is 0 Å². The summed E-state index contributed by atoms with van der Waals surface area (Å²) in [5, 5.41) is 4.98. The Morgan fingerprint density at radius 1 is 1.21 bits per heavy atom. The Bertz CT molecular complexity index is 1090. The molecule has 6 nitrogen and oxygen atoms in total. The number of nitrogens with two attached hydrogens (primary N) is 1. The average Bonchev–Trinajstić information content (AvgIpc) is 3.18. The van der Waals surface area contributed by atoms with Gasteiger partial charge >= 0.3 is 0 Å². The maximum atomic E-state index is 13.3. The lowest BCUT2D eigenvalue weighted by Crippen LogP contribution is -2.23. The molecular weight excluding hydrogens is 399 g/mol. The molecule has 1 aromatic carbocycles. The molecule has 2 N–H and O–H groups in total. The third-order valence-corrected chi connectivity index (χ3v) is 5.40. The van der Waals surface area contributed by atoms with Gasteiger partial charge in [0.1, 0.15) is 11.5 Å². The molecule has 0 radical (unpaired) electrons. The van der Waals surface area contributed by atoms with Gasteiger partial charge in [-0.1, -0.05) is 34.4 Å². The summed E-state index contributed by atoms with van der Waals surface area (Å²) in [6.45, 7) is 4.69. The topological polar surface area (TPSA) is 85.3 Å². The van der Waals surface area contributed by atoms with E-state index in [1.165, 1.54) is 0 Å². The molecule has 3 aromatic rings. The molecule has 4 rings (SSSR count).